The van der Waals surface area contributed by atoms with E-state index in [1.807, 2.05) is 0 Å². The minimum atomic E-state index is -0.725. The first-order valence-corrected chi connectivity index (χ1v) is 5.13. The maximum atomic E-state index is 10.0. The number of primary amides is 1. The van der Waals surface area contributed by atoms with Crippen LogP contribution in [0.2, 0.25) is 0 Å². The highest BCUT2D eigenvalue weighted by Crippen LogP contribution is 2.15. The number of ether oxygens (including phenoxy) is 1. The van der Waals surface area contributed by atoms with Crippen LogP contribution in [-0.4, -0.2) is 28.9 Å². The van der Waals surface area contributed by atoms with E-state index in [9.17, 15) is 4.79 Å². The van der Waals surface area contributed by atoms with Gasteiger partial charge in [0, 0.05) is 6.04 Å². The number of rotatable bonds is 0. The van der Waals surface area contributed by atoms with Gasteiger partial charge in [0.15, 0.2) is 0 Å². The molecule has 0 radical (unpaired) electrons. The molecular formula is C10H22N2O3. The summed E-state index contributed by atoms with van der Waals surface area (Å²) in [4.78, 5) is 10.0. The summed E-state index contributed by atoms with van der Waals surface area (Å²) in [6.07, 6.45) is 1.88. The van der Waals surface area contributed by atoms with E-state index >= 15 is 0 Å². The summed E-state index contributed by atoms with van der Waals surface area (Å²) in [5.41, 5.74) is 9.73. The Labute approximate surface area is 90.8 Å². The molecule has 0 aliphatic heterocycles. The van der Waals surface area contributed by atoms with Crippen LogP contribution in [0.4, 0.5) is 4.79 Å². The maximum Gasteiger partial charge on any atom is 0.405 e. The fraction of sp³-hybridized carbons (Fsp3) is 0.900. The summed E-state index contributed by atoms with van der Waals surface area (Å²) in [6, 6.07) is 0.273. The third-order valence-corrected chi connectivity index (χ3v) is 1.85. The van der Waals surface area contributed by atoms with Crippen molar-refractivity contribution in [2.24, 2.45) is 11.5 Å². The minimum absolute atomic E-state index is 0.102. The molecule has 0 aromatic rings. The molecule has 5 nitrogen and oxygen atoms in total. The van der Waals surface area contributed by atoms with Crippen molar-refractivity contribution in [3.63, 3.8) is 0 Å². The lowest BCUT2D eigenvalue weighted by Gasteiger charge is -2.16. The first kappa shape index (κ1) is 14.2. The molecule has 0 aromatic heterocycles. The summed E-state index contributed by atoms with van der Waals surface area (Å²) in [5, 5.41) is 8.82. The lowest BCUT2D eigenvalue weighted by molar-refractivity contribution is 0.0600. The number of hydrogen-bond acceptors (Lipinski definition) is 4. The molecule has 5 heteroatoms. The second-order valence-electron chi connectivity index (χ2n) is 4.76. The molecule has 0 aromatic carbocycles. The van der Waals surface area contributed by atoms with Crippen LogP contribution in [0.15, 0.2) is 0 Å². The molecule has 0 saturated heterocycles. The average molecular weight is 218 g/mol. The van der Waals surface area contributed by atoms with E-state index in [4.69, 9.17) is 16.6 Å². The highest BCUT2D eigenvalue weighted by Gasteiger charge is 2.18. The van der Waals surface area contributed by atoms with Crippen molar-refractivity contribution >= 4 is 6.09 Å². The van der Waals surface area contributed by atoms with Crippen molar-refractivity contribution in [3.8, 4) is 0 Å². The van der Waals surface area contributed by atoms with Crippen molar-refractivity contribution in [1.29, 1.82) is 0 Å². The van der Waals surface area contributed by atoms with Crippen molar-refractivity contribution in [1.82, 2.24) is 0 Å². The topological polar surface area (TPSA) is 98.6 Å². The zero-order valence-corrected chi connectivity index (χ0v) is 9.69. The molecule has 1 saturated carbocycles. The third kappa shape index (κ3) is 9.49. The van der Waals surface area contributed by atoms with E-state index in [1.165, 1.54) is 0 Å². The van der Waals surface area contributed by atoms with Crippen LogP contribution in [0.3, 0.4) is 0 Å². The number of carbonyl (C=O) groups excluding carboxylic acids is 1. The molecule has 1 aliphatic carbocycles. The number of aliphatic hydroxyl groups excluding tert-OH is 1. The number of nitrogens with two attached hydrogens (primary N) is 2. The van der Waals surface area contributed by atoms with Crippen molar-refractivity contribution in [3.05, 3.63) is 0 Å². The molecule has 1 rings (SSSR count). The predicted octanol–water partition coefficient (Wildman–Crippen LogP) is 0.739. The molecule has 5 N–H and O–H groups in total. The SMILES string of the molecule is CC(C)(C)OC(N)=O.N[C@@H]1CC[C@@H](O)C1. The number of aliphatic hydroxyl groups is 1. The van der Waals surface area contributed by atoms with Gasteiger partial charge in [-0.25, -0.2) is 4.79 Å². The summed E-state index contributed by atoms with van der Waals surface area (Å²) < 4.78 is 4.58. The van der Waals surface area contributed by atoms with E-state index in [-0.39, 0.29) is 12.1 Å². The second-order valence-corrected chi connectivity index (χ2v) is 4.76. The summed E-state index contributed by atoms with van der Waals surface area (Å²) in [6.45, 7) is 5.28. The van der Waals surface area contributed by atoms with Crippen LogP contribution < -0.4 is 11.5 Å². The Morgan fingerprint density at radius 2 is 1.93 bits per heavy atom. The van der Waals surface area contributed by atoms with Crippen LogP contribution in [0.1, 0.15) is 40.0 Å². The van der Waals surface area contributed by atoms with Gasteiger partial charge in [-0.05, 0) is 40.0 Å². The Balaban J connectivity index is 0.000000262. The number of carbonyl (C=O) groups is 1. The quantitative estimate of drug-likeness (QED) is 0.558. The van der Waals surface area contributed by atoms with Gasteiger partial charge in [0.2, 0.25) is 0 Å². The van der Waals surface area contributed by atoms with Gasteiger partial charge >= 0.3 is 6.09 Å². The average Bonchev–Trinajstić information content (AvgIpc) is 2.29. The lowest BCUT2D eigenvalue weighted by atomic mass is 10.2. The van der Waals surface area contributed by atoms with Crippen LogP contribution in [0.25, 0.3) is 0 Å². The summed E-state index contributed by atoms with van der Waals surface area (Å²) in [7, 11) is 0. The molecule has 1 aliphatic rings. The van der Waals surface area contributed by atoms with Gasteiger partial charge in [0.25, 0.3) is 0 Å². The smallest absolute Gasteiger partial charge is 0.405 e. The van der Waals surface area contributed by atoms with Crippen LogP contribution >= 0.6 is 0 Å². The first-order valence-electron chi connectivity index (χ1n) is 5.13. The molecule has 1 fully saturated rings. The molecular weight excluding hydrogens is 196 g/mol. The Bertz CT molecular complexity index is 193. The van der Waals surface area contributed by atoms with Gasteiger partial charge < -0.3 is 21.3 Å². The molecule has 2 atom stereocenters. The summed E-state index contributed by atoms with van der Waals surface area (Å²) >= 11 is 0. The molecule has 0 spiro atoms. The predicted molar refractivity (Wildman–Crippen MR) is 58.3 cm³/mol. The van der Waals surface area contributed by atoms with Crippen LogP contribution in [-0.2, 0) is 4.74 Å². The Morgan fingerprint density at radius 3 is 2.00 bits per heavy atom. The van der Waals surface area contributed by atoms with Crippen molar-refractivity contribution < 1.29 is 14.6 Å². The lowest BCUT2D eigenvalue weighted by Crippen LogP contribution is -2.27. The van der Waals surface area contributed by atoms with E-state index in [2.05, 4.69) is 4.74 Å². The van der Waals surface area contributed by atoms with Gasteiger partial charge in [-0.1, -0.05) is 0 Å². The Morgan fingerprint density at radius 1 is 1.40 bits per heavy atom. The second kappa shape index (κ2) is 5.92. The Kier molecular flexibility index (Phi) is 5.60. The van der Waals surface area contributed by atoms with Crippen molar-refractivity contribution in [2.45, 2.75) is 57.8 Å². The van der Waals surface area contributed by atoms with Gasteiger partial charge in [0.05, 0.1) is 6.10 Å². The van der Waals surface area contributed by atoms with E-state index in [1.54, 1.807) is 20.8 Å². The molecule has 0 heterocycles. The van der Waals surface area contributed by atoms with Crippen LogP contribution in [0, 0.1) is 0 Å². The fourth-order valence-electron chi connectivity index (χ4n) is 1.29. The number of amides is 1. The van der Waals surface area contributed by atoms with Crippen LogP contribution in [0.5, 0.6) is 0 Å². The molecule has 15 heavy (non-hydrogen) atoms. The van der Waals surface area contributed by atoms with Gasteiger partial charge in [-0.2, -0.15) is 0 Å². The zero-order valence-electron chi connectivity index (χ0n) is 9.69. The molecule has 0 unspecified atom stereocenters. The fourth-order valence-corrected chi connectivity index (χ4v) is 1.29. The Hall–Kier alpha value is -0.810. The summed E-state index contributed by atoms with van der Waals surface area (Å²) in [5.74, 6) is 0. The molecule has 0 bridgehead atoms. The minimum Gasteiger partial charge on any atom is -0.444 e. The van der Waals surface area contributed by atoms with Gasteiger partial charge in [-0.3, -0.25) is 0 Å². The van der Waals surface area contributed by atoms with E-state index < -0.39 is 11.7 Å². The molecule has 90 valence electrons. The highest BCUT2D eigenvalue weighted by atomic mass is 16.6. The third-order valence-electron chi connectivity index (χ3n) is 1.85. The molecule has 1 amide bonds. The number of hydrogen-bond donors (Lipinski definition) is 3. The normalized spacial score (nSPS) is 25.4. The monoisotopic (exact) mass is 218 g/mol. The van der Waals surface area contributed by atoms with Crippen molar-refractivity contribution in [2.75, 3.05) is 0 Å². The van der Waals surface area contributed by atoms with Gasteiger partial charge in [-0.15, -0.1) is 0 Å². The first-order chi connectivity index (χ1) is 6.70. The van der Waals surface area contributed by atoms with E-state index in [0.717, 1.165) is 19.3 Å². The largest absolute Gasteiger partial charge is 0.444 e. The maximum absolute atomic E-state index is 10.0. The van der Waals surface area contributed by atoms with Gasteiger partial charge in [0.1, 0.15) is 5.60 Å². The highest BCUT2D eigenvalue weighted by molar-refractivity contribution is 5.65. The van der Waals surface area contributed by atoms with E-state index in [0.29, 0.717) is 0 Å². The standard InChI is InChI=1S/C5H11NO2.C5H11NO/c1-5(2,3)8-4(6)7;6-4-1-2-5(7)3-4/h1-3H3,(H2,6,7);4-5,7H,1-3,6H2/t;4-,5-/m.1/s1. The zero-order chi connectivity index (χ0) is 12.1.